The number of nitrogens with zero attached hydrogens (tertiary/aromatic N) is 6. The van der Waals surface area contributed by atoms with Crippen LogP contribution in [-0.4, -0.2) is 108 Å². The number of piperazine rings is 2. The van der Waals surface area contributed by atoms with E-state index < -0.39 is 0 Å². The summed E-state index contributed by atoms with van der Waals surface area (Å²) in [6, 6.07) is 8.02. The lowest BCUT2D eigenvalue weighted by atomic mass is 9.91. The first-order valence-electron chi connectivity index (χ1n) is 13.2. The molecule has 0 atom stereocenters. The molecule has 1 aromatic heterocycles. The normalized spacial score (nSPS) is 19.7. The molecule has 2 saturated heterocycles. The van der Waals surface area contributed by atoms with Crippen molar-refractivity contribution in [2.45, 2.75) is 32.2 Å². The van der Waals surface area contributed by atoms with Gasteiger partial charge in [-0.2, -0.15) is 0 Å². The fraction of sp³-hybridized carbons (Fsp3) is 0.556. The second-order valence-electron chi connectivity index (χ2n) is 9.83. The van der Waals surface area contributed by atoms with Crippen LogP contribution in [0.4, 0.5) is 5.82 Å². The molecule has 5 rings (SSSR count). The third-order valence-corrected chi connectivity index (χ3v) is 7.62. The quantitative estimate of drug-likeness (QED) is 0.544. The zero-order valence-corrected chi connectivity index (χ0v) is 21.1. The van der Waals surface area contributed by atoms with Crippen LogP contribution in [0.1, 0.15) is 36.5 Å². The molecule has 0 N–H and O–H groups in total. The van der Waals surface area contributed by atoms with Crippen molar-refractivity contribution in [1.82, 2.24) is 24.7 Å². The lowest BCUT2D eigenvalue weighted by Crippen LogP contribution is -2.56. The minimum Gasteiger partial charge on any atom is -0.462 e. The molecule has 0 spiro atoms. The van der Waals surface area contributed by atoms with Crippen LogP contribution in [0, 0.1) is 0 Å². The van der Waals surface area contributed by atoms with E-state index in [0.29, 0.717) is 24.4 Å². The van der Waals surface area contributed by atoms with E-state index in [9.17, 15) is 9.59 Å². The number of rotatable bonds is 7. The van der Waals surface area contributed by atoms with Crippen LogP contribution in [0.3, 0.4) is 0 Å². The average Bonchev–Trinajstić information content (AvgIpc) is 2.89. The van der Waals surface area contributed by atoms with E-state index in [1.807, 2.05) is 17.0 Å². The highest BCUT2D eigenvalue weighted by Crippen LogP contribution is 2.25. The number of aromatic nitrogens is 2. The van der Waals surface area contributed by atoms with Crippen LogP contribution >= 0.6 is 0 Å². The highest BCUT2D eigenvalue weighted by Gasteiger charge is 2.30. The summed E-state index contributed by atoms with van der Waals surface area (Å²) in [5, 5.41) is 0. The van der Waals surface area contributed by atoms with Gasteiger partial charge < -0.3 is 14.5 Å². The predicted molar refractivity (Wildman–Crippen MR) is 138 cm³/mol. The van der Waals surface area contributed by atoms with Crippen molar-refractivity contribution in [3.8, 4) is 11.3 Å². The lowest BCUT2D eigenvalue weighted by molar-refractivity contribution is -0.134. The monoisotopic (exact) mass is 492 g/mol. The van der Waals surface area contributed by atoms with Crippen molar-refractivity contribution in [1.29, 1.82) is 0 Å². The Morgan fingerprint density at radius 2 is 1.75 bits per heavy atom. The second kappa shape index (κ2) is 11.3. The molecule has 3 aliphatic rings. The largest absolute Gasteiger partial charge is 0.462 e. The number of benzene rings is 1. The summed E-state index contributed by atoms with van der Waals surface area (Å²) >= 11 is 0. The molecule has 1 aromatic carbocycles. The maximum Gasteiger partial charge on any atom is 0.338 e. The van der Waals surface area contributed by atoms with Crippen molar-refractivity contribution < 1.29 is 14.3 Å². The first-order valence-corrected chi connectivity index (χ1v) is 13.2. The average molecular weight is 493 g/mol. The Hall–Kier alpha value is -3.04. The molecule has 0 radical (unpaired) electrons. The summed E-state index contributed by atoms with van der Waals surface area (Å²) in [7, 11) is 0. The van der Waals surface area contributed by atoms with E-state index in [4.69, 9.17) is 4.74 Å². The number of hydrogen-bond donors (Lipinski definition) is 0. The van der Waals surface area contributed by atoms with E-state index >= 15 is 0 Å². The Morgan fingerprint density at radius 1 is 0.972 bits per heavy atom. The SMILES string of the molecule is CCOC(=O)c1cccc(-c2cnc(N3CCN(CC(=O)N4CCN(C5CCC5)CC4)CC3)cn2)c1. The summed E-state index contributed by atoms with van der Waals surface area (Å²) in [6.45, 7) is 9.69. The van der Waals surface area contributed by atoms with Gasteiger partial charge in [-0.3, -0.25) is 19.6 Å². The van der Waals surface area contributed by atoms with Crippen molar-refractivity contribution in [2.24, 2.45) is 0 Å². The predicted octanol–water partition coefficient (Wildman–Crippen LogP) is 2.14. The van der Waals surface area contributed by atoms with Gasteiger partial charge in [0.1, 0.15) is 5.82 Å². The maximum absolute atomic E-state index is 12.9. The third kappa shape index (κ3) is 5.68. The number of amides is 1. The van der Waals surface area contributed by atoms with Gasteiger partial charge in [-0.05, 0) is 31.9 Å². The summed E-state index contributed by atoms with van der Waals surface area (Å²) in [5.41, 5.74) is 2.05. The number of anilines is 1. The van der Waals surface area contributed by atoms with Gasteiger partial charge in [0.15, 0.2) is 0 Å². The summed E-state index contributed by atoms with van der Waals surface area (Å²) in [5.74, 6) is 0.750. The molecule has 1 amide bonds. The van der Waals surface area contributed by atoms with Crippen molar-refractivity contribution in [3.63, 3.8) is 0 Å². The molecule has 2 aliphatic heterocycles. The Kier molecular flexibility index (Phi) is 7.77. The van der Waals surface area contributed by atoms with Crippen molar-refractivity contribution >= 4 is 17.7 Å². The summed E-state index contributed by atoms with van der Waals surface area (Å²) in [4.78, 5) is 43.2. The summed E-state index contributed by atoms with van der Waals surface area (Å²) in [6.07, 6.45) is 7.55. The second-order valence-corrected chi connectivity index (χ2v) is 9.83. The Morgan fingerprint density at radius 3 is 2.39 bits per heavy atom. The zero-order valence-electron chi connectivity index (χ0n) is 21.1. The molecule has 192 valence electrons. The van der Waals surface area contributed by atoms with Crippen LogP contribution in [0.5, 0.6) is 0 Å². The molecule has 1 saturated carbocycles. The first kappa shape index (κ1) is 24.6. The van der Waals surface area contributed by atoms with Gasteiger partial charge >= 0.3 is 5.97 Å². The van der Waals surface area contributed by atoms with Gasteiger partial charge in [-0.15, -0.1) is 0 Å². The third-order valence-electron chi connectivity index (χ3n) is 7.62. The first-order chi connectivity index (χ1) is 17.6. The number of ether oxygens (including phenoxy) is 1. The molecular weight excluding hydrogens is 456 g/mol. The molecule has 0 unspecified atom stereocenters. The van der Waals surface area contributed by atoms with Gasteiger partial charge in [-0.1, -0.05) is 18.6 Å². The van der Waals surface area contributed by atoms with Crippen molar-refractivity contribution in [3.05, 3.63) is 42.2 Å². The Balaban J connectivity index is 1.09. The standard InChI is InChI=1S/C27H36N6O3/c1-2-36-27(35)22-6-3-5-21(17-22)24-18-29-25(19-28-24)32-11-9-30(10-12-32)20-26(34)33-15-13-31(14-16-33)23-7-4-8-23/h3,5-6,17-19,23H,2,4,7-16,20H2,1H3. The molecule has 9 nitrogen and oxygen atoms in total. The molecule has 36 heavy (non-hydrogen) atoms. The van der Waals surface area contributed by atoms with Crippen LogP contribution in [-0.2, 0) is 9.53 Å². The number of hydrogen-bond acceptors (Lipinski definition) is 8. The van der Waals surface area contributed by atoms with E-state index in [2.05, 4.69) is 24.7 Å². The molecule has 3 fully saturated rings. The molecular formula is C27H36N6O3. The number of esters is 1. The number of carbonyl (C=O) groups excluding carboxylic acids is 2. The van der Waals surface area contributed by atoms with E-state index in [1.54, 1.807) is 31.5 Å². The minimum atomic E-state index is -0.337. The summed E-state index contributed by atoms with van der Waals surface area (Å²) < 4.78 is 5.09. The highest BCUT2D eigenvalue weighted by molar-refractivity contribution is 5.90. The van der Waals surface area contributed by atoms with Crippen LogP contribution in [0.15, 0.2) is 36.7 Å². The van der Waals surface area contributed by atoms with Crippen LogP contribution in [0.2, 0.25) is 0 Å². The van der Waals surface area contributed by atoms with Crippen molar-refractivity contribution in [2.75, 3.05) is 70.4 Å². The fourth-order valence-electron chi connectivity index (χ4n) is 5.17. The van der Waals surface area contributed by atoms with Gasteiger partial charge in [-0.25, -0.2) is 9.78 Å². The van der Waals surface area contributed by atoms with Crippen LogP contribution in [0.25, 0.3) is 11.3 Å². The van der Waals surface area contributed by atoms with E-state index in [1.165, 1.54) is 19.3 Å². The molecule has 3 heterocycles. The topological polar surface area (TPSA) is 82.1 Å². The lowest BCUT2D eigenvalue weighted by Gasteiger charge is -2.43. The van der Waals surface area contributed by atoms with Gasteiger partial charge in [0.05, 0.1) is 36.8 Å². The number of carbonyl (C=O) groups is 2. The van der Waals surface area contributed by atoms with E-state index in [0.717, 1.165) is 69.8 Å². The van der Waals surface area contributed by atoms with Gasteiger partial charge in [0.2, 0.25) is 5.91 Å². The maximum atomic E-state index is 12.9. The van der Waals surface area contributed by atoms with Gasteiger partial charge in [0.25, 0.3) is 0 Å². The molecule has 9 heteroatoms. The fourth-order valence-corrected chi connectivity index (χ4v) is 5.17. The Labute approximate surface area is 213 Å². The smallest absolute Gasteiger partial charge is 0.338 e. The van der Waals surface area contributed by atoms with Gasteiger partial charge in [0, 0.05) is 64.0 Å². The van der Waals surface area contributed by atoms with E-state index in [-0.39, 0.29) is 11.9 Å². The molecule has 2 aromatic rings. The highest BCUT2D eigenvalue weighted by atomic mass is 16.5. The molecule has 1 aliphatic carbocycles. The Bertz CT molecular complexity index is 1040. The molecule has 0 bridgehead atoms. The zero-order chi connectivity index (χ0) is 24.9. The van der Waals surface area contributed by atoms with Crippen LogP contribution < -0.4 is 4.90 Å². The minimum absolute atomic E-state index is 0.255.